The van der Waals surface area contributed by atoms with Gasteiger partial charge in [0, 0.05) is 11.4 Å². The number of carbonyl (C=O) groups is 1. The molecule has 0 saturated carbocycles. The van der Waals surface area contributed by atoms with Gasteiger partial charge in [-0.05, 0) is 24.1 Å². The van der Waals surface area contributed by atoms with Crippen molar-refractivity contribution in [3.05, 3.63) is 23.8 Å². The number of nitrogens with two attached hydrogens (primary N) is 2. The Morgan fingerprint density at radius 2 is 1.94 bits per heavy atom. The maximum absolute atomic E-state index is 11.8. The first kappa shape index (κ1) is 13.4. The van der Waals surface area contributed by atoms with Crippen molar-refractivity contribution in [1.82, 2.24) is 0 Å². The first-order valence-corrected chi connectivity index (χ1v) is 5.90. The highest BCUT2D eigenvalue weighted by atomic mass is 16.5. The molecule has 0 unspecified atom stereocenters. The van der Waals surface area contributed by atoms with E-state index in [9.17, 15) is 4.79 Å². The van der Waals surface area contributed by atoms with E-state index in [2.05, 4.69) is 13.8 Å². The number of hydrogen-bond acceptors (Lipinski definition) is 4. The number of hydrogen-bond donors (Lipinski definition) is 2. The van der Waals surface area contributed by atoms with Gasteiger partial charge in [-0.25, -0.2) is 4.79 Å². The largest absolute Gasteiger partial charge is 0.462 e. The fraction of sp³-hybridized carbons (Fsp3) is 0.462. The van der Waals surface area contributed by atoms with E-state index in [1.165, 1.54) is 0 Å². The zero-order valence-corrected chi connectivity index (χ0v) is 10.4. The van der Waals surface area contributed by atoms with Gasteiger partial charge in [-0.2, -0.15) is 0 Å². The summed E-state index contributed by atoms with van der Waals surface area (Å²) in [6.45, 7) is 4.61. The average Bonchev–Trinajstić information content (AvgIpc) is 2.30. The summed E-state index contributed by atoms with van der Waals surface area (Å²) >= 11 is 0. The fourth-order valence-corrected chi connectivity index (χ4v) is 1.56. The first-order chi connectivity index (χ1) is 8.08. The zero-order valence-electron chi connectivity index (χ0n) is 10.4. The third-order valence-corrected chi connectivity index (χ3v) is 2.90. The van der Waals surface area contributed by atoms with E-state index in [-0.39, 0.29) is 5.97 Å². The van der Waals surface area contributed by atoms with E-state index in [4.69, 9.17) is 16.2 Å². The Balaban J connectivity index is 2.64. The zero-order chi connectivity index (χ0) is 12.8. The Kier molecular flexibility index (Phi) is 4.82. The molecule has 0 aliphatic heterocycles. The average molecular weight is 236 g/mol. The van der Waals surface area contributed by atoms with Gasteiger partial charge >= 0.3 is 5.97 Å². The Bertz CT molecular complexity index is 387. The van der Waals surface area contributed by atoms with E-state index in [0.29, 0.717) is 29.5 Å². The highest BCUT2D eigenvalue weighted by Crippen LogP contribution is 2.17. The van der Waals surface area contributed by atoms with Gasteiger partial charge in [-0.15, -0.1) is 0 Å². The summed E-state index contributed by atoms with van der Waals surface area (Å²) in [5.74, 6) is 0.0309. The lowest BCUT2D eigenvalue weighted by molar-refractivity contribution is 0.0434. The quantitative estimate of drug-likeness (QED) is 0.608. The monoisotopic (exact) mass is 236 g/mol. The normalized spacial score (nSPS) is 10.5. The predicted octanol–water partition coefficient (Wildman–Crippen LogP) is 2.44. The molecule has 94 valence electrons. The van der Waals surface area contributed by atoms with Crippen LogP contribution in [0, 0.1) is 5.92 Å². The molecule has 4 nitrogen and oxygen atoms in total. The minimum atomic E-state index is -0.380. The molecule has 1 rings (SSSR count). The highest BCUT2D eigenvalue weighted by molar-refractivity contribution is 5.95. The molecule has 0 heterocycles. The molecule has 0 aliphatic carbocycles. The Morgan fingerprint density at radius 3 is 2.47 bits per heavy atom. The van der Waals surface area contributed by atoms with Gasteiger partial charge in [-0.3, -0.25) is 0 Å². The van der Waals surface area contributed by atoms with Crippen LogP contribution in [-0.4, -0.2) is 12.6 Å². The third-order valence-electron chi connectivity index (χ3n) is 2.90. The van der Waals surface area contributed by atoms with E-state index < -0.39 is 0 Å². The topological polar surface area (TPSA) is 78.3 Å². The molecule has 0 bridgehead atoms. The Labute approximate surface area is 102 Å². The van der Waals surface area contributed by atoms with Crippen LogP contribution in [-0.2, 0) is 4.74 Å². The summed E-state index contributed by atoms with van der Waals surface area (Å²) in [4.78, 5) is 11.8. The van der Waals surface area contributed by atoms with Crippen molar-refractivity contribution in [3.63, 3.8) is 0 Å². The molecular formula is C13H20N2O2. The number of carbonyl (C=O) groups excluding carboxylic acids is 1. The van der Waals surface area contributed by atoms with Crippen molar-refractivity contribution in [3.8, 4) is 0 Å². The van der Waals surface area contributed by atoms with Crippen molar-refractivity contribution in [1.29, 1.82) is 0 Å². The maximum Gasteiger partial charge on any atom is 0.340 e. The van der Waals surface area contributed by atoms with Gasteiger partial charge in [-0.1, -0.05) is 26.7 Å². The Hall–Kier alpha value is -1.71. The van der Waals surface area contributed by atoms with Crippen molar-refractivity contribution < 1.29 is 9.53 Å². The van der Waals surface area contributed by atoms with Crippen molar-refractivity contribution in [2.75, 3.05) is 18.1 Å². The van der Waals surface area contributed by atoms with Gasteiger partial charge in [0.25, 0.3) is 0 Å². The molecular weight excluding hydrogens is 216 g/mol. The highest BCUT2D eigenvalue weighted by Gasteiger charge is 2.13. The van der Waals surface area contributed by atoms with Crippen LogP contribution in [0.1, 0.15) is 37.0 Å². The molecule has 0 aromatic heterocycles. The first-order valence-electron chi connectivity index (χ1n) is 5.90. The molecule has 1 aromatic rings. The summed E-state index contributed by atoms with van der Waals surface area (Å²) in [5, 5.41) is 0. The van der Waals surface area contributed by atoms with E-state index >= 15 is 0 Å². The number of ether oxygens (including phenoxy) is 1. The van der Waals surface area contributed by atoms with Crippen LogP contribution in [0.3, 0.4) is 0 Å². The number of esters is 1. The minimum Gasteiger partial charge on any atom is -0.462 e. The van der Waals surface area contributed by atoms with E-state index in [1.807, 2.05) is 0 Å². The van der Waals surface area contributed by atoms with Crippen LogP contribution >= 0.6 is 0 Å². The van der Waals surface area contributed by atoms with E-state index in [0.717, 1.165) is 12.8 Å². The molecule has 0 saturated heterocycles. The molecule has 4 N–H and O–H groups in total. The minimum absolute atomic E-state index is 0.361. The van der Waals surface area contributed by atoms with Gasteiger partial charge in [0.15, 0.2) is 0 Å². The predicted molar refractivity (Wildman–Crippen MR) is 69.6 cm³/mol. The second-order valence-electron chi connectivity index (χ2n) is 4.13. The maximum atomic E-state index is 11.8. The lowest BCUT2D eigenvalue weighted by Crippen LogP contribution is -2.14. The molecule has 0 spiro atoms. The summed E-state index contributed by atoms with van der Waals surface area (Å²) in [7, 11) is 0. The third kappa shape index (κ3) is 3.66. The molecule has 0 aliphatic rings. The molecule has 1 aromatic carbocycles. The molecule has 17 heavy (non-hydrogen) atoms. The summed E-state index contributed by atoms with van der Waals surface area (Å²) in [6, 6.07) is 4.80. The van der Waals surface area contributed by atoms with Crippen molar-refractivity contribution in [2.24, 2.45) is 5.92 Å². The van der Waals surface area contributed by atoms with Crippen molar-refractivity contribution >= 4 is 17.3 Å². The molecule has 0 atom stereocenters. The summed E-state index contributed by atoms with van der Waals surface area (Å²) in [5.41, 5.74) is 12.6. The molecule has 0 radical (unpaired) electrons. The smallest absolute Gasteiger partial charge is 0.340 e. The number of rotatable bonds is 5. The van der Waals surface area contributed by atoms with Gasteiger partial charge < -0.3 is 16.2 Å². The van der Waals surface area contributed by atoms with Gasteiger partial charge in [0.2, 0.25) is 0 Å². The van der Waals surface area contributed by atoms with Crippen LogP contribution in [0.25, 0.3) is 0 Å². The van der Waals surface area contributed by atoms with E-state index in [1.54, 1.807) is 18.2 Å². The van der Waals surface area contributed by atoms with Crippen LogP contribution in [0.2, 0.25) is 0 Å². The molecule has 0 amide bonds. The van der Waals surface area contributed by atoms with Crippen LogP contribution in [0.5, 0.6) is 0 Å². The van der Waals surface area contributed by atoms with Gasteiger partial charge in [0.05, 0.1) is 12.2 Å². The van der Waals surface area contributed by atoms with Crippen molar-refractivity contribution in [2.45, 2.75) is 26.7 Å². The molecule has 4 heteroatoms. The number of nitrogen functional groups attached to an aromatic ring is 2. The summed E-state index contributed by atoms with van der Waals surface area (Å²) in [6.07, 6.45) is 2.00. The SMILES string of the molecule is CCC(CC)COC(=O)c1ccc(N)cc1N. The molecule has 0 fully saturated rings. The second-order valence-corrected chi connectivity index (χ2v) is 4.13. The number of benzene rings is 1. The van der Waals surface area contributed by atoms with Crippen LogP contribution in [0.4, 0.5) is 11.4 Å². The number of anilines is 2. The van der Waals surface area contributed by atoms with Crippen LogP contribution in [0.15, 0.2) is 18.2 Å². The second kappa shape index (κ2) is 6.13. The fourth-order valence-electron chi connectivity index (χ4n) is 1.56. The van der Waals surface area contributed by atoms with Gasteiger partial charge in [0.1, 0.15) is 0 Å². The van der Waals surface area contributed by atoms with Crippen LogP contribution < -0.4 is 11.5 Å². The lowest BCUT2D eigenvalue weighted by Gasteiger charge is -2.13. The summed E-state index contributed by atoms with van der Waals surface area (Å²) < 4.78 is 5.23. The lowest BCUT2D eigenvalue weighted by atomic mass is 10.1. The standard InChI is InChI=1S/C13H20N2O2/c1-3-9(4-2)8-17-13(16)11-6-5-10(14)7-12(11)15/h5-7,9H,3-4,8,14-15H2,1-2H3. The Morgan fingerprint density at radius 1 is 1.29 bits per heavy atom.